The summed E-state index contributed by atoms with van der Waals surface area (Å²) in [6, 6.07) is 11.2. The van der Waals surface area contributed by atoms with Crippen LogP contribution in [0.3, 0.4) is 0 Å². The number of rotatable bonds is 7. The third-order valence-corrected chi connectivity index (χ3v) is 9.28. The van der Waals surface area contributed by atoms with Gasteiger partial charge in [0.2, 0.25) is 10.0 Å². The molecule has 1 unspecified atom stereocenters. The Kier molecular flexibility index (Phi) is 8.34. The van der Waals surface area contributed by atoms with Crippen LogP contribution in [0.15, 0.2) is 59.7 Å². The van der Waals surface area contributed by atoms with Crippen LogP contribution in [0.4, 0.5) is 32.0 Å². The zero-order valence-electron chi connectivity index (χ0n) is 21.2. The lowest BCUT2D eigenvalue weighted by Crippen LogP contribution is -2.62. The van der Waals surface area contributed by atoms with Gasteiger partial charge in [0.05, 0.1) is 28.2 Å². The monoisotopic (exact) mass is 609 g/mol. The van der Waals surface area contributed by atoms with Crippen molar-refractivity contribution in [3.8, 4) is 0 Å². The third-order valence-electron chi connectivity index (χ3n) is 6.92. The van der Waals surface area contributed by atoms with E-state index in [4.69, 9.17) is 11.6 Å². The number of benzene rings is 2. The molecule has 0 fully saturated rings. The predicted octanol–water partition coefficient (Wildman–Crippen LogP) is 6.33. The first kappa shape index (κ1) is 30.4. The van der Waals surface area contributed by atoms with Gasteiger partial charge in [-0.1, -0.05) is 54.9 Å². The van der Waals surface area contributed by atoms with Crippen molar-refractivity contribution >= 4 is 38.6 Å². The highest BCUT2D eigenvalue weighted by Gasteiger charge is 2.74. The minimum atomic E-state index is -6.08. The van der Waals surface area contributed by atoms with E-state index in [1.54, 1.807) is 37.3 Å². The van der Waals surface area contributed by atoms with E-state index in [1.807, 2.05) is 0 Å². The first-order chi connectivity index (χ1) is 18.6. The molecule has 1 N–H and O–H groups in total. The predicted molar refractivity (Wildman–Crippen MR) is 140 cm³/mol. The summed E-state index contributed by atoms with van der Waals surface area (Å²) in [5, 5.41) is 14.7. The summed E-state index contributed by atoms with van der Waals surface area (Å²) in [5.74, 6) is 0.0236. The Labute approximate surface area is 232 Å². The molecule has 1 atom stereocenters. The largest absolute Gasteiger partial charge is 0.431 e. The number of sulfonamides is 1. The molecular formula is C26H26ClF6N3O3S. The van der Waals surface area contributed by atoms with Crippen LogP contribution >= 0.6 is 11.6 Å². The van der Waals surface area contributed by atoms with Crippen LogP contribution in [-0.4, -0.2) is 60.3 Å². The summed E-state index contributed by atoms with van der Waals surface area (Å²) < 4.78 is 108. The summed E-state index contributed by atoms with van der Waals surface area (Å²) in [5.41, 5.74) is -4.84. The maximum Gasteiger partial charge on any atom is 0.431 e. The van der Waals surface area contributed by atoms with Gasteiger partial charge in [-0.05, 0) is 47.7 Å². The fourth-order valence-corrected chi connectivity index (χ4v) is 6.50. The number of nitrogens with zero attached hydrogens (tertiary/aromatic N) is 3. The smallest absolute Gasteiger partial charge is 0.369 e. The first-order valence-electron chi connectivity index (χ1n) is 12.3. The lowest BCUT2D eigenvalue weighted by atomic mass is 9.88. The summed E-state index contributed by atoms with van der Waals surface area (Å²) in [6.45, 7) is 2.15. The molecule has 2 heterocycles. The molecule has 0 saturated heterocycles. The highest BCUT2D eigenvalue weighted by molar-refractivity contribution is 7.89. The molecule has 0 amide bonds. The number of alkyl halides is 6. The Balaban J connectivity index is 1.73. The number of aliphatic hydroxyl groups is 1. The topological polar surface area (TPSA) is 73.2 Å². The van der Waals surface area contributed by atoms with E-state index in [9.17, 15) is 39.9 Å². The van der Waals surface area contributed by atoms with Gasteiger partial charge in [-0.2, -0.15) is 35.7 Å². The van der Waals surface area contributed by atoms with E-state index in [0.29, 0.717) is 24.0 Å². The Bertz CT molecular complexity index is 1410. The molecular weight excluding hydrogens is 584 g/mol. The van der Waals surface area contributed by atoms with Gasteiger partial charge in [0.1, 0.15) is 0 Å². The first-order valence-corrected chi connectivity index (χ1v) is 14.3. The number of hydrogen-bond acceptors (Lipinski definition) is 5. The normalized spacial score (nSPS) is 19.5. The third kappa shape index (κ3) is 5.61. The molecule has 0 aliphatic carbocycles. The van der Waals surface area contributed by atoms with E-state index in [0.717, 1.165) is 10.6 Å². The Morgan fingerprint density at radius 1 is 1.05 bits per heavy atom. The lowest BCUT2D eigenvalue weighted by molar-refractivity contribution is -0.338. The highest BCUT2D eigenvalue weighted by Crippen LogP contribution is 2.49. The van der Waals surface area contributed by atoms with Crippen molar-refractivity contribution in [3.63, 3.8) is 0 Å². The van der Waals surface area contributed by atoms with Gasteiger partial charge in [0.15, 0.2) is 0 Å². The summed E-state index contributed by atoms with van der Waals surface area (Å²) in [6.07, 6.45) is -10.5. The molecule has 0 bridgehead atoms. The second-order valence-corrected chi connectivity index (χ2v) is 12.0. The number of para-hydroxylation sites is 1. The van der Waals surface area contributed by atoms with Gasteiger partial charge in [0.25, 0.3) is 5.60 Å². The molecule has 218 valence electrons. The Morgan fingerprint density at radius 2 is 1.73 bits per heavy atom. The molecule has 2 aliphatic heterocycles. The average molecular weight is 610 g/mol. The maximum atomic E-state index is 13.7. The fraction of sp³-hybridized carbons (Fsp3) is 0.423. The molecule has 6 nitrogen and oxygen atoms in total. The molecule has 2 aromatic carbocycles. The standard InChI is InChI=1S/C26H26ClF6N3O3S/c1-2-14-40(38,39)35-12-10-17(11-13-35)18-6-5-7-19(15-18)22-16-23(24(37,25(28,29)30)26(31,32)33)34-36(22)21-9-4-3-8-20(21)27/h3-10,15,22,37H,2,11-14,16H2,1H3. The zero-order chi connectivity index (χ0) is 29.5. The number of hydrazone groups is 1. The molecule has 14 heteroatoms. The van der Waals surface area contributed by atoms with Crippen LogP contribution in [0, 0.1) is 0 Å². The second-order valence-electron chi connectivity index (χ2n) is 9.55. The summed E-state index contributed by atoms with van der Waals surface area (Å²) in [7, 11) is -3.40. The molecule has 0 aromatic heterocycles. The minimum Gasteiger partial charge on any atom is -0.369 e. The highest BCUT2D eigenvalue weighted by atomic mass is 35.5. The van der Waals surface area contributed by atoms with Crippen LogP contribution in [0.5, 0.6) is 0 Å². The van der Waals surface area contributed by atoms with Crippen molar-refractivity contribution < 1.29 is 39.9 Å². The SMILES string of the molecule is CCCS(=O)(=O)N1CC=C(c2cccc(C3CC(C(O)(C(F)(F)F)C(F)(F)F)=NN3c3ccccc3Cl)c2)CC1. The zero-order valence-corrected chi connectivity index (χ0v) is 22.7. The van der Waals surface area contributed by atoms with Crippen LogP contribution in [0.2, 0.25) is 5.02 Å². The summed E-state index contributed by atoms with van der Waals surface area (Å²) in [4.78, 5) is 0. The van der Waals surface area contributed by atoms with Crippen molar-refractivity contribution in [2.45, 2.75) is 50.2 Å². The van der Waals surface area contributed by atoms with Crippen molar-refractivity contribution in [1.29, 1.82) is 0 Å². The van der Waals surface area contributed by atoms with E-state index in [2.05, 4.69) is 5.10 Å². The van der Waals surface area contributed by atoms with Gasteiger partial charge in [-0.25, -0.2) is 8.42 Å². The molecule has 2 aliphatic rings. The van der Waals surface area contributed by atoms with Gasteiger partial charge < -0.3 is 5.11 Å². The minimum absolute atomic E-state index is 0.0236. The van der Waals surface area contributed by atoms with Crippen molar-refractivity contribution in [2.24, 2.45) is 5.10 Å². The Hall–Kier alpha value is -2.61. The van der Waals surface area contributed by atoms with E-state index < -0.39 is 46.2 Å². The number of hydrogen-bond donors (Lipinski definition) is 1. The maximum absolute atomic E-state index is 13.7. The van der Waals surface area contributed by atoms with Gasteiger partial charge in [-0.3, -0.25) is 5.01 Å². The molecule has 0 saturated carbocycles. The van der Waals surface area contributed by atoms with Crippen molar-refractivity contribution in [2.75, 3.05) is 23.9 Å². The second kappa shape index (κ2) is 11.0. The van der Waals surface area contributed by atoms with E-state index >= 15 is 0 Å². The molecule has 4 rings (SSSR count). The number of anilines is 1. The van der Waals surface area contributed by atoms with Gasteiger partial charge in [0, 0.05) is 19.5 Å². The van der Waals surface area contributed by atoms with E-state index in [-0.39, 0.29) is 29.6 Å². The average Bonchev–Trinajstić information content (AvgIpc) is 3.33. The summed E-state index contributed by atoms with van der Waals surface area (Å²) >= 11 is 6.24. The van der Waals surface area contributed by atoms with Gasteiger partial charge in [-0.15, -0.1) is 0 Å². The fourth-order valence-electron chi connectivity index (χ4n) is 4.83. The van der Waals surface area contributed by atoms with E-state index in [1.165, 1.54) is 28.6 Å². The lowest BCUT2D eigenvalue weighted by Gasteiger charge is -2.32. The molecule has 0 radical (unpaired) electrons. The number of halogens is 7. The Morgan fingerprint density at radius 3 is 2.30 bits per heavy atom. The van der Waals surface area contributed by atoms with Crippen molar-refractivity contribution in [3.05, 3.63) is 70.8 Å². The van der Waals surface area contributed by atoms with Crippen LogP contribution in [-0.2, 0) is 10.0 Å². The van der Waals surface area contributed by atoms with Crippen molar-refractivity contribution in [1.82, 2.24) is 4.31 Å². The van der Waals surface area contributed by atoms with Crippen LogP contribution < -0.4 is 5.01 Å². The molecule has 0 spiro atoms. The quantitative estimate of drug-likeness (QED) is 0.372. The van der Waals surface area contributed by atoms with Crippen LogP contribution in [0.1, 0.15) is 43.4 Å². The molecule has 40 heavy (non-hydrogen) atoms. The van der Waals surface area contributed by atoms with Crippen LogP contribution in [0.25, 0.3) is 5.57 Å². The van der Waals surface area contributed by atoms with Gasteiger partial charge >= 0.3 is 12.4 Å². The molecule has 2 aromatic rings.